The molecule has 0 aromatic heterocycles. The van der Waals surface area contributed by atoms with E-state index in [9.17, 15) is 8.78 Å². The molecule has 1 N–H and O–H groups in total. The molecule has 8 heavy (non-hydrogen) atoms. The zero-order valence-corrected chi connectivity index (χ0v) is 4.32. The van der Waals surface area contributed by atoms with E-state index in [0.29, 0.717) is 0 Å². The number of halogens is 2. The van der Waals surface area contributed by atoms with E-state index >= 15 is 0 Å². The van der Waals surface area contributed by atoms with Gasteiger partial charge in [-0.1, -0.05) is 0 Å². The van der Waals surface area contributed by atoms with E-state index in [1.807, 2.05) is 0 Å². The molecule has 1 saturated heterocycles. The van der Waals surface area contributed by atoms with Gasteiger partial charge in [-0.3, -0.25) is 0 Å². The lowest BCUT2D eigenvalue weighted by atomic mass is 10.00. The van der Waals surface area contributed by atoms with Crippen molar-refractivity contribution in [3.8, 4) is 0 Å². The molecule has 0 bridgehead atoms. The van der Waals surface area contributed by atoms with Gasteiger partial charge in [-0.05, 0) is 0 Å². The highest BCUT2D eigenvalue weighted by atomic mass is 19.3. The monoisotopic (exact) mass is 120 g/mol. The second-order valence-corrected chi connectivity index (χ2v) is 2.70. The average molecular weight is 120 g/mol. The fourth-order valence-corrected chi connectivity index (χ4v) is 1.11. The molecule has 1 heterocycles. The van der Waals surface area contributed by atoms with E-state index in [-0.39, 0.29) is 19.5 Å². The van der Waals surface area contributed by atoms with Gasteiger partial charge in [-0.15, -0.1) is 0 Å². The minimum absolute atomic E-state index is 0.00931. The molecular weight excluding hydrogens is 112 g/mol. The first-order valence-electron chi connectivity index (χ1n) is 3.12. The first-order chi connectivity index (χ1) is 4.06. The quantitative estimate of drug-likeness (QED) is 0.494. The molecule has 0 aromatic carbocycles. The molecule has 1 aliphatic heterocycles. The van der Waals surface area contributed by atoms with E-state index < -0.39 is 11.3 Å². The Hall–Kier alpha value is -0.180. The van der Waals surface area contributed by atoms with Crippen LogP contribution in [0.15, 0.2) is 0 Å². The molecule has 0 amide bonds. The third-order valence-corrected chi connectivity index (χ3v) is 2.04. The first kappa shape index (κ1) is 3.77. The maximum atomic E-state index is 12.3. The lowest BCUT2D eigenvalue weighted by Crippen LogP contribution is -2.47. The van der Waals surface area contributed by atoms with Gasteiger partial charge in [-0.25, -0.2) is 8.78 Å². The third kappa shape index (κ3) is 0.312. The van der Waals surface area contributed by atoms with Crippen LogP contribution in [0, 0.1) is 5.41 Å². The van der Waals surface area contributed by atoms with Crippen LogP contribution in [0.1, 0.15) is 6.42 Å². The molecule has 0 atom stereocenters. The van der Waals surface area contributed by atoms with Gasteiger partial charge >= 0.3 is 0 Å². The van der Waals surface area contributed by atoms with E-state index in [0.717, 1.165) is 0 Å². The lowest BCUT2D eigenvalue weighted by Gasteiger charge is -2.26. The van der Waals surface area contributed by atoms with Crippen molar-refractivity contribution in [3.63, 3.8) is 0 Å². The van der Waals surface area contributed by atoms with Crippen molar-refractivity contribution in [3.05, 3.63) is 0 Å². The maximum absolute atomic E-state index is 12.3. The molecule has 1 spiro atoms. The highest BCUT2D eigenvalue weighted by Crippen LogP contribution is 2.62. The summed E-state index contributed by atoms with van der Waals surface area (Å²) in [6.07, 6.45) is 0.00931. The summed E-state index contributed by atoms with van der Waals surface area (Å²) in [6.45, 7) is 0.528. The van der Waals surface area contributed by atoms with Gasteiger partial charge in [0, 0.05) is 19.5 Å². The van der Waals surface area contributed by atoms with Crippen LogP contribution in [-0.4, -0.2) is 19.0 Å². The second-order valence-electron chi connectivity index (χ2n) is 2.70. The zero-order chi connectivity index (χ0) is 6.70. The van der Waals surface area contributed by atoms with Gasteiger partial charge < -0.3 is 5.31 Å². The number of alkyl halides is 2. The van der Waals surface area contributed by atoms with Crippen molar-refractivity contribution in [2.24, 2.45) is 5.41 Å². The number of nitrogens with one attached hydrogen (secondary N) is 1. The molecule has 2 fully saturated rings. The smallest absolute Gasteiger partial charge is 0.257 e. The summed E-state index contributed by atoms with van der Waals surface area (Å²) in [5.74, 6) is -2.44. The summed E-state index contributed by atoms with van der Waals surface area (Å²) in [6, 6.07) is 0. The van der Waals surface area contributed by atoms with Crippen LogP contribution in [0.3, 0.4) is 0 Å². The van der Waals surface area contributed by atoms with Crippen molar-refractivity contribution >= 4 is 0 Å². The summed E-state index contributed by atoms with van der Waals surface area (Å²) in [7, 11) is 0. The van der Waals surface area contributed by atoms with E-state index in [1.165, 1.54) is 5.31 Å². The highest BCUT2D eigenvalue weighted by Gasteiger charge is 2.73. The van der Waals surface area contributed by atoms with Gasteiger partial charge in [0.25, 0.3) is 5.92 Å². The van der Waals surface area contributed by atoms with Crippen molar-refractivity contribution in [1.29, 1.82) is 0 Å². The van der Waals surface area contributed by atoms with Crippen LogP contribution in [-0.2, 0) is 0 Å². The fourth-order valence-electron chi connectivity index (χ4n) is 1.11. The van der Waals surface area contributed by atoms with Crippen molar-refractivity contribution < 1.29 is 10.2 Å². The van der Waals surface area contributed by atoms with Gasteiger partial charge in [0.15, 0.2) is 0 Å². The van der Waals surface area contributed by atoms with Crippen LogP contribution in [0.25, 0.3) is 0 Å². The predicted molar refractivity (Wildman–Crippen MR) is 24.9 cm³/mol. The average Bonchev–Trinajstić information content (AvgIpc) is 2.06. The highest BCUT2D eigenvalue weighted by molar-refractivity contribution is 5.17. The molecule has 3 heteroatoms. The third-order valence-electron chi connectivity index (χ3n) is 2.04. The minimum atomic E-state index is -2.44. The van der Waals surface area contributed by atoms with Crippen molar-refractivity contribution in [1.82, 2.24) is 5.31 Å². The summed E-state index contributed by atoms with van der Waals surface area (Å²) >= 11 is 0. The Balaban J connectivity index is 2.03. The number of hydrogen-bond acceptors (Lipinski definition) is 1. The molecule has 0 unspecified atom stereocenters. The standard InChI is InChI=1S/C5H7F2N/c6-5(7)1-4(5)2-8-3-4/h8H,1-3H2/i/hD. The van der Waals surface area contributed by atoms with Crippen LogP contribution >= 0.6 is 0 Å². The molecule has 1 aliphatic carbocycles. The van der Waals surface area contributed by atoms with Crippen LogP contribution in [0.4, 0.5) is 8.78 Å². The Morgan fingerprint density at radius 2 is 2.00 bits per heavy atom. The number of hydrogen-bond donors (Lipinski definition) is 1. The Morgan fingerprint density at radius 3 is 2.12 bits per heavy atom. The van der Waals surface area contributed by atoms with Crippen molar-refractivity contribution in [2.45, 2.75) is 12.3 Å². The molecule has 2 rings (SSSR count). The predicted octanol–water partition coefficient (Wildman–Crippen LogP) is 0.615. The van der Waals surface area contributed by atoms with Gasteiger partial charge in [0.1, 0.15) is 1.41 Å². The SMILES string of the molecule is [2H]N1CC2(C1)CC2(F)F. The van der Waals surface area contributed by atoms with Crippen LogP contribution in [0.2, 0.25) is 1.41 Å². The second kappa shape index (κ2) is 0.923. The van der Waals surface area contributed by atoms with Gasteiger partial charge in [0.05, 0.1) is 5.41 Å². The summed E-state index contributed by atoms with van der Waals surface area (Å²) in [5, 5.41) is 1.18. The molecule has 2 aliphatic rings. The minimum Gasteiger partial charge on any atom is -0.315 e. The molecule has 1 saturated carbocycles. The summed E-state index contributed by atoms with van der Waals surface area (Å²) < 4.78 is 31.5. The van der Waals surface area contributed by atoms with Crippen LogP contribution in [0.5, 0.6) is 0 Å². The normalized spacial score (nSPS) is 41.0. The molecular formula is C5H7F2N. The Kier molecular flexibility index (Phi) is 0.435. The Labute approximate surface area is 47.5 Å². The first-order valence-corrected chi connectivity index (χ1v) is 2.67. The zero-order valence-electron chi connectivity index (χ0n) is 5.32. The van der Waals surface area contributed by atoms with Crippen molar-refractivity contribution in [2.75, 3.05) is 13.1 Å². The maximum Gasteiger partial charge on any atom is 0.257 e. The molecule has 0 aromatic rings. The van der Waals surface area contributed by atoms with E-state index in [4.69, 9.17) is 1.41 Å². The largest absolute Gasteiger partial charge is 0.315 e. The van der Waals surface area contributed by atoms with E-state index in [1.54, 1.807) is 0 Å². The molecule has 46 valence electrons. The topological polar surface area (TPSA) is 12.0 Å². The summed E-state index contributed by atoms with van der Waals surface area (Å²) in [5.41, 5.74) is -0.755. The fraction of sp³-hybridized carbons (Fsp3) is 1.00. The molecule has 1 nitrogen and oxygen atoms in total. The van der Waals surface area contributed by atoms with Gasteiger partial charge in [-0.2, -0.15) is 0 Å². The Morgan fingerprint density at radius 1 is 1.50 bits per heavy atom. The Bertz CT molecular complexity index is 153. The molecule has 0 radical (unpaired) electrons. The number of rotatable bonds is 0. The lowest BCUT2D eigenvalue weighted by molar-refractivity contribution is 0.0419. The van der Waals surface area contributed by atoms with Crippen LogP contribution < -0.4 is 5.31 Å². The van der Waals surface area contributed by atoms with E-state index in [2.05, 4.69) is 0 Å². The summed E-state index contributed by atoms with van der Waals surface area (Å²) in [4.78, 5) is 0. The van der Waals surface area contributed by atoms with Gasteiger partial charge in [0.2, 0.25) is 0 Å².